The molecule has 1 amide bonds. The minimum atomic E-state index is -1.43. The van der Waals surface area contributed by atoms with Crippen molar-refractivity contribution in [3.63, 3.8) is 0 Å². The second kappa shape index (κ2) is 19.2. The molecule has 0 radical (unpaired) electrons. The molecule has 0 bridgehead atoms. The molecule has 312 valence electrons. The minimum absolute atomic E-state index is 0.310. The minimum Gasteiger partial charge on any atom is -0.457 e. The average Bonchev–Trinajstić information content (AvgIpc) is 3.28. The predicted molar refractivity (Wildman–Crippen MR) is 230 cm³/mol. The number of nitrogens with one attached hydrogen (secondary N) is 1. The number of hydrogen-bond acceptors (Lipinski definition) is 10. The highest BCUT2D eigenvalue weighted by atomic mass is 16.7. The summed E-state index contributed by atoms with van der Waals surface area (Å²) in [5.41, 5.74) is 2.26. The van der Waals surface area contributed by atoms with Crippen molar-refractivity contribution in [2.45, 2.75) is 56.4 Å². The Morgan fingerprint density at radius 1 is 0.656 bits per heavy atom. The maximum Gasteiger partial charge on any atom is 0.412 e. The number of ether oxygens (including phenoxy) is 6. The summed E-state index contributed by atoms with van der Waals surface area (Å²) in [7, 11) is 1.36. The summed E-state index contributed by atoms with van der Waals surface area (Å²) in [6.07, 6.45) is -2.48. The van der Waals surface area contributed by atoms with Crippen molar-refractivity contribution in [1.82, 2.24) is 0 Å². The molecule has 11 nitrogen and oxygen atoms in total. The second-order valence-corrected chi connectivity index (χ2v) is 15.3. The van der Waals surface area contributed by atoms with Crippen LogP contribution in [0.1, 0.15) is 24.0 Å². The molecule has 11 heteroatoms. The van der Waals surface area contributed by atoms with Gasteiger partial charge in [-0.1, -0.05) is 115 Å². The third-order valence-corrected chi connectivity index (χ3v) is 11.1. The SMILES string of the molecule is CO[C@H]1O[C@H](CO)[C@@H](OC(=O)Nc2ccc(Oc3ccccc3)cc2)[C@@H]2OC(=O)[C@@H](Cc3ccc4ccccc4c3)C/C=C/C[C@H](Cc3ccc4ccccc4c3)C(=O)O[C@@H]12. The van der Waals surface area contributed by atoms with Gasteiger partial charge in [0.05, 0.1) is 18.4 Å². The molecule has 8 rings (SSSR count). The van der Waals surface area contributed by atoms with Gasteiger partial charge in [-0.3, -0.25) is 14.9 Å². The van der Waals surface area contributed by atoms with Crippen molar-refractivity contribution in [3.8, 4) is 11.5 Å². The van der Waals surface area contributed by atoms with Gasteiger partial charge in [0.1, 0.15) is 17.6 Å². The first kappa shape index (κ1) is 41.2. The molecule has 7 atom stereocenters. The van der Waals surface area contributed by atoms with Crippen molar-refractivity contribution >= 4 is 45.3 Å². The highest BCUT2D eigenvalue weighted by molar-refractivity contribution is 5.86. The number of fused-ring (bicyclic) bond motifs is 3. The summed E-state index contributed by atoms with van der Waals surface area (Å²) in [5.74, 6) is -1.29. The summed E-state index contributed by atoms with van der Waals surface area (Å²) >= 11 is 0. The van der Waals surface area contributed by atoms with Crippen LogP contribution in [-0.4, -0.2) is 67.6 Å². The second-order valence-electron chi connectivity index (χ2n) is 15.3. The van der Waals surface area contributed by atoms with Gasteiger partial charge in [-0.25, -0.2) is 4.79 Å². The fourth-order valence-electron chi connectivity index (χ4n) is 7.93. The largest absolute Gasteiger partial charge is 0.457 e. The molecule has 1 saturated heterocycles. The molecule has 2 heterocycles. The molecule has 0 aliphatic carbocycles. The zero-order valence-corrected chi connectivity index (χ0v) is 33.6. The zero-order valence-electron chi connectivity index (χ0n) is 33.6. The van der Waals surface area contributed by atoms with Gasteiger partial charge in [-0.2, -0.15) is 0 Å². The highest BCUT2D eigenvalue weighted by Gasteiger charge is 2.53. The number of rotatable bonds is 10. The van der Waals surface area contributed by atoms with Crippen molar-refractivity contribution in [1.29, 1.82) is 0 Å². The molecule has 6 aromatic carbocycles. The van der Waals surface area contributed by atoms with Gasteiger partial charge < -0.3 is 33.5 Å². The number of anilines is 1. The predicted octanol–water partition coefficient (Wildman–Crippen LogP) is 8.96. The van der Waals surface area contributed by atoms with E-state index in [1.54, 1.807) is 24.3 Å². The topological polar surface area (TPSA) is 139 Å². The lowest BCUT2D eigenvalue weighted by Gasteiger charge is -2.44. The molecule has 6 aromatic rings. The molecule has 0 aromatic heterocycles. The van der Waals surface area contributed by atoms with Gasteiger partial charge in [-0.05, 0) is 94.8 Å². The Morgan fingerprint density at radius 3 is 1.74 bits per heavy atom. The third kappa shape index (κ3) is 10.1. The number of carbonyl (C=O) groups is 3. The van der Waals surface area contributed by atoms with Crippen LogP contribution in [0.4, 0.5) is 10.5 Å². The summed E-state index contributed by atoms with van der Waals surface area (Å²) in [4.78, 5) is 42.3. The lowest BCUT2D eigenvalue weighted by Crippen LogP contribution is -2.63. The van der Waals surface area contributed by atoms with Crippen LogP contribution in [0, 0.1) is 11.8 Å². The first-order chi connectivity index (χ1) is 29.8. The Bertz CT molecular complexity index is 2490. The number of para-hydroxylation sites is 1. The molecule has 0 unspecified atom stereocenters. The van der Waals surface area contributed by atoms with Gasteiger partial charge in [-0.15, -0.1) is 0 Å². The Hall–Kier alpha value is -6.53. The van der Waals surface area contributed by atoms with E-state index in [-0.39, 0.29) is 0 Å². The zero-order chi connectivity index (χ0) is 42.1. The van der Waals surface area contributed by atoms with Gasteiger partial charge >= 0.3 is 18.0 Å². The van der Waals surface area contributed by atoms with Crippen LogP contribution in [0.5, 0.6) is 11.5 Å². The molecule has 2 aliphatic heterocycles. The number of carbonyl (C=O) groups excluding carboxylic acids is 3. The summed E-state index contributed by atoms with van der Waals surface area (Å²) in [5, 5.41) is 17.5. The number of amides is 1. The van der Waals surface area contributed by atoms with E-state index in [2.05, 4.69) is 17.4 Å². The van der Waals surface area contributed by atoms with Crippen molar-refractivity contribution in [2.24, 2.45) is 11.8 Å². The normalized spacial score (nSPS) is 23.7. The van der Waals surface area contributed by atoms with E-state index in [0.29, 0.717) is 42.9 Å². The van der Waals surface area contributed by atoms with E-state index in [1.165, 1.54) is 7.11 Å². The first-order valence-electron chi connectivity index (χ1n) is 20.4. The number of aliphatic hydroxyl groups is 1. The number of benzene rings is 6. The van der Waals surface area contributed by atoms with E-state index in [1.807, 2.05) is 115 Å². The number of esters is 2. The Labute approximate surface area is 353 Å². The number of aliphatic hydroxyl groups excluding tert-OH is 1. The van der Waals surface area contributed by atoms with E-state index in [4.69, 9.17) is 28.4 Å². The van der Waals surface area contributed by atoms with Crippen LogP contribution in [0.15, 0.2) is 152 Å². The highest BCUT2D eigenvalue weighted by Crippen LogP contribution is 2.33. The van der Waals surface area contributed by atoms with E-state index in [9.17, 15) is 19.5 Å². The van der Waals surface area contributed by atoms with Crippen molar-refractivity contribution in [2.75, 3.05) is 19.0 Å². The summed E-state index contributed by atoms with van der Waals surface area (Å²) in [6.45, 7) is -0.633. The van der Waals surface area contributed by atoms with Crippen LogP contribution < -0.4 is 10.1 Å². The van der Waals surface area contributed by atoms with Gasteiger partial charge in [0.2, 0.25) is 0 Å². The Kier molecular flexibility index (Phi) is 13.0. The molecule has 1 fully saturated rings. The van der Waals surface area contributed by atoms with E-state index < -0.39 is 67.2 Å². The van der Waals surface area contributed by atoms with Crippen LogP contribution in [-0.2, 0) is 46.1 Å². The number of hydrogen-bond donors (Lipinski definition) is 2. The number of allylic oxidation sites excluding steroid dienone is 2. The molecule has 2 aliphatic rings. The van der Waals surface area contributed by atoms with E-state index >= 15 is 0 Å². The number of methoxy groups -OCH3 is 1. The van der Waals surface area contributed by atoms with Gasteiger partial charge in [0.25, 0.3) is 0 Å². The smallest absolute Gasteiger partial charge is 0.412 e. The molecule has 0 saturated carbocycles. The maximum absolute atomic E-state index is 14.4. The van der Waals surface area contributed by atoms with Gasteiger partial charge in [0.15, 0.2) is 24.6 Å². The maximum atomic E-state index is 14.4. The average molecular weight is 822 g/mol. The van der Waals surface area contributed by atoms with Crippen LogP contribution in [0.25, 0.3) is 21.5 Å². The van der Waals surface area contributed by atoms with E-state index in [0.717, 1.165) is 32.7 Å². The fourth-order valence-corrected chi connectivity index (χ4v) is 7.93. The Morgan fingerprint density at radius 2 is 1.18 bits per heavy atom. The molecule has 2 N–H and O–H groups in total. The molecular formula is C50H47NO10. The van der Waals surface area contributed by atoms with Crippen molar-refractivity contribution < 1.29 is 47.9 Å². The quantitative estimate of drug-likeness (QED) is 0.0783. The van der Waals surface area contributed by atoms with Gasteiger partial charge in [0, 0.05) is 12.8 Å². The Balaban J connectivity index is 1.09. The van der Waals surface area contributed by atoms with Crippen LogP contribution >= 0.6 is 0 Å². The summed E-state index contributed by atoms with van der Waals surface area (Å²) in [6, 6.07) is 44.1. The molecule has 61 heavy (non-hydrogen) atoms. The molecular weight excluding hydrogens is 775 g/mol. The monoisotopic (exact) mass is 821 g/mol. The summed E-state index contributed by atoms with van der Waals surface area (Å²) < 4.78 is 36.1. The van der Waals surface area contributed by atoms with Crippen LogP contribution in [0.2, 0.25) is 0 Å². The lowest BCUT2D eigenvalue weighted by atomic mass is 9.91. The lowest BCUT2D eigenvalue weighted by molar-refractivity contribution is -0.300. The van der Waals surface area contributed by atoms with Crippen LogP contribution in [0.3, 0.4) is 0 Å². The molecule has 0 spiro atoms. The third-order valence-electron chi connectivity index (χ3n) is 11.1. The standard InChI is InChI=1S/C50H47NO10/c1-56-49-46-45(44(43(31-52)58-49)61-50(55)51-40-23-25-42(26-24-40)57-41-17-3-2-4-18-41)59-47(53)38(29-32-19-21-34-11-5-7-13-36(34)27-32)15-9-10-16-39(48(54)60-46)30-33-20-22-35-12-6-8-14-37(35)28-33/h2-14,17-28,38-39,43-46,49,52H,15-16,29-31H2,1H3,(H,51,55)/b10-9+/t38-,39-,43-,44-,45+,46-,49+/m1/s1. The first-order valence-corrected chi connectivity index (χ1v) is 20.4. The van der Waals surface area contributed by atoms with Crippen molar-refractivity contribution in [3.05, 3.63) is 163 Å². The fraction of sp³-hybridized carbons (Fsp3) is 0.260.